The fraction of sp³-hybridized carbons (Fsp3) is 0.273. The molecule has 2 aromatic rings. The minimum absolute atomic E-state index is 0.636. The fourth-order valence-corrected chi connectivity index (χ4v) is 2.04. The molecule has 1 aromatic heterocycles. The van der Waals surface area contributed by atoms with Crippen LogP contribution >= 0.6 is 23.8 Å². The normalized spacial score (nSPS) is 10.6. The van der Waals surface area contributed by atoms with Gasteiger partial charge < -0.3 is 4.57 Å². The Hall–Kier alpha value is -1.13. The largest absolute Gasteiger partial charge is 0.300 e. The van der Waals surface area contributed by atoms with Crippen molar-refractivity contribution < 1.29 is 0 Å². The SMILES string of the molecule is CCCn1c(-c2ccccc2Cl)n[nH]c1=S. The van der Waals surface area contributed by atoms with Gasteiger partial charge in [-0.1, -0.05) is 30.7 Å². The Labute approximate surface area is 104 Å². The van der Waals surface area contributed by atoms with Crippen LogP contribution in [0.3, 0.4) is 0 Å². The lowest BCUT2D eigenvalue weighted by molar-refractivity contribution is 0.675. The van der Waals surface area contributed by atoms with Gasteiger partial charge >= 0.3 is 0 Å². The van der Waals surface area contributed by atoms with Crippen molar-refractivity contribution in [2.75, 3.05) is 0 Å². The summed E-state index contributed by atoms with van der Waals surface area (Å²) in [6, 6.07) is 7.64. The van der Waals surface area contributed by atoms with Crippen LogP contribution < -0.4 is 0 Å². The van der Waals surface area contributed by atoms with Gasteiger partial charge in [-0.3, -0.25) is 5.10 Å². The third-order valence-electron chi connectivity index (χ3n) is 2.32. The van der Waals surface area contributed by atoms with Crippen LogP contribution in [-0.4, -0.2) is 14.8 Å². The first kappa shape index (κ1) is 11.4. The zero-order valence-corrected chi connectivity index (χ0v) is 10.5. The van der Waals surface area contributed by atoms with E-state index < -0.39 is 0 Å². The van der Waals surface area contributed by atoms with Crippen LogP contribution in [0.15, 0.2) is 24.3 Å². The Morgan fingerprint density at radius 2 is 2.19 bits per heavy atom. The molecule has 0 saturated heterocycles. The second-order valence-corrected chi connectivity index (χ2v) is 4.28. The Balaban J connectivity index is 2.56. The molecule has 1 aromatic carbocycles. The summed E-state index contributed by atoms with van der Waals surface area (Å²) in [6.45, 7) is 2.95. The summed E-state index contributed by atoms with van der Waals surface area (Å²) in [5, 5.41) is 7.72. The minimum Gasteiger partial charge on any atom is -0.300 e. The number of nitrogens with zero attached hydrogens (tertiary/aromatic N) is 2. The fourth-order valence-electron chi connectivity index (χ4n) is 1.60. The van der Waals surface area contributed by atoms with Gasteiger partial charge in [-0.2, -0.15) is 5.10 Å². The molecule has 0 aliphatic rings. The van der Waals surface area contributed by atoms with Gasteiger partial charge in [-0.25, -0.2) is 0 Å². The van der Waals surface area contributed by atoms with Crippen molar-refractivity contribution in [3.8, 4) is 11.4 Å². The number of H-pyrrole nitrogens is 1. The number of aromatic amines is 1. The Bertz CT molecular complexity index is 544. The first-order chi connectivity index (χ1) is 7.74. The van der Waals surface area contributed by atoms with Gasteiger partial charge in [-0.05, 0) is 30.8 Å². The summed E-state index contributed by atoms with van der Waals surface area (Å²) in [5.74, 6) is 0.803. The second kappa shape index (κ2) is 4.80. The van der Waals surface area contributed by atoms with E-state index in [4.69, 9.17) is 23.8 Å². The summed E-state index contributed by atoms with van der Waals surface area (Å²) < 4.78 is 2.60. The average Bonchev–Trinajstić information content (AvgIpc) is 2.62. The van der Waals surface area contributed by atoms with E-state index in [9.17, 15) is 0 Å². The van der Waals surface area contributed by atoms with Crippen LogP contribution in [0.2, 0.25) is 5.02 Å². The molecule has 0 saturated carbocycles. The summed E-state index contributed by atoms with van der Waals surface area (Å²) in [6.07, 6.45) is 1.01. The molecule has 0 amide bonds. The number of halogens is 1. The van der Waals surface area contributed by atoms with Crippen molar-refractivity contribution in [3.63, 3.8) is 0 Å². The first-order valence-electron chi connectivity index (χ1n) is 5.14. The molecule has 0 aliphatic carbocycles. The Morgan fingerprint density at radius 3 is 2.88 bits per heavy atom. The van der Waals surface area contributed by atoms with E-state index in [1.54, 1.807) is 0 Å². The van der Waals surface area contributed by atoms with E-state index >= 15 is 0 Å². The number of rotatable bonds is 3. The molecular weight excluding hydrogens is 242 g/mol. The number of benzene rings is 1. The van der Waals surface area contributed by atoms with Crippen LogP contribution in [0.25, 0.3) is 11.4 Å². The molecule has 0 spiro atoms. The smallest absolute Gasteiger partial charge is 0.195 e. The van der Waals surface area contributed by atoms with Crippen molar-refractivity contribution >= 4 is 23.8 Å². The van der Waals surface area contributed by atoms with Gasteiger partial charge in [-0.15, -0.1) is 0 Å². The molecule has 0 atom stereocenters. The highest BCUT2D eigenvalue weighted by Crippen LogP contribution is 2.25. The quantitative estimate of drug-likeness (QED) is 0.847. The highest BCUT2D eigenvalue weighted by molar-refractivity contribution is 7.71. The molecule has 0 unspecified atom stereocenters. The maximum atomic E-state index is 6.14. The van der Waals surface area contributed by atoms with E-state index in [0.717, 1.165) is 24.4 Å². The predicted octanol–water partition coefficient (Wildman–Crippen LogP) is 3.67. The van der Waals surface area contributed by atoms with Gasteiger partial charge in [0.05, 0.1) is 5.02 Å². The van der Waals surface area contributed by atoms with Gasteiger partial charge in [0, 0.05) is 12.1 Å². The monoisotopic (exact) mass is 253 g/mol. The molecule has 0 fully saturated rings. The lowest BCUT2D eigenvalue weighted by Gasteiger charge is -2.06. The molecule has 1 heterocycles. The van der Waals surface area contributed by atoms with E-state index in [1.807, 2.05) is 28.8 Å². The molecule has 2 rings (SSSR count). The van der Waals surface area contributed by atoms with E-state index in [0.29, 0.717) is 9.79 Å². The van der Waals surface area contributed by atoms with Gasteiger partial charge in [0.15, 0.2) is 10.6 Å². The summed E-state index contributed by atoms with van der Waals surface area (Å²) in [4.78, 5) is 0. The average molecular weight is 254 g/mol. The van der Waals surface area contributed by atoms with Gasteiger partial charge in [0.25, 0.3) is 0 Å². The first-order valence-corrected chi connectivity index (χ1v) is 5.92. The molecule has 0 radical (unpaired) electrons. The van der Waals surface area contributed by atoms with Gasteiger partial charge in [0.1, 0.15) is 0 Å². The van der Waals surface area contributed by atoms with E-state index in [-0.39, 0.29) is 0 Å². The summed E-state index contributed by atoms with van der Waals surface area (Å²) in [7, 11) is 0. The van der Waals surface area contributed by atoms with Crippen LogP contribution in [0.5, 0.6) is 0 Å². The number of nitrogens with one attached hydrogen (secondary N) is 1. The maximum absolute atomic E-state index is 6.14. The molecule has 0 aliphatic heterocycles. The number of hydrogen-bond acceptors (Lipinski definition) is 2. The van der Waals surface area contributed by atoms with Crippen molar-refractivity contribution in [2.45, 2.75) is 19.9 Å². The molecule has 16 heavy (non-hydrogen) atoms. The number of aromatic nitrogens is 3. The zero-order chi connectivity index (χ0) is 11.5. The topological polar surface area (TPSA) is 33.6 Å². The van der Waals surface area contributed by atoms with Crippen LogP contribution in [0.1, 0.15) is 13.3 Å². The van der Waals surface area contributed by atoms with Crippen LogP contribution in [0, 0.1) is 4.77 Å². The third-order valence-corrected chi connectivity index (χ3v) is 2.96. The molecule has 1 N–H and O–H groups in total. The Morgan fingerprint density at radius 1 is 1.44 bits per heavy atom. The molecule has 3 nitrogen and oxygen atoms in total. The maximum Gasteiger partial charge on any atom is 0.195 e. The van der Waals surface area contributed by atoms with Crippen LogP contribution in [-0.2, 0) is 6.54 Å². The molecule has 0 bridgehead atoms. The van der Waals surface area contributed by atoms with Crippen molar-refractivity contribution in [1.29, 1.82) is 0 Å². The lowest BCUT2D eigenvalue weighted by atomic mass is 10.2. The van der Waals surface area contributed by atoms with E-state index in [1.165, 1.54) is 0 Å². The standard InChI is InChI=1S/C11H12ClN3S/c1-2-7-15-10(13-14-11(15)16)8-5-3-4-6-9(8)12/h3-6H,2,7H2,1H3,(H,14,16). The number of hydrogen-bond donors (Lipinski definition) is 1. The zero-order valence-electron chi connectivity index (χ0n) is 8.90. The minimum atomic E-state index is 0.636. The molecular formula is C11H12ClN3S. The third kappa shape index (κ3) is 2.03. The van der Waals surface area contributed by atoms with Gasteiger partial charge in [0.2, 0.25) is 0 Å². The van der Waals surface area contributed by atoms with Crippen LogP contribution in [0.4, 0.5) is 0 Å². The predicted molar refractivity (Wildman–Crippen MR) is 68.1 cm³/mol. The second-order valence-electron chi connectivity index (χ2n) is 3.48. The van der Waals surface area contributed by atoms with Crippen molar-refractivity contribution in [3.05, 3.63) is 34.1 Å². The lowest BCUT2D eigenvalue weighted by Crippen LogP contribution is -2.00. The molecule has 84 valence electrons. The summed E-state index contributed by atoms with van der Waals surface area (Å²) in [5.41, 5.74) is 0.907. The molecule has 5 heteroatoms. The van der Waals surface area contributed by atoms with Crippen molar-refractivity contribution in [2.24, 2.45) is 0 Å². The Kier molecular flexibility index (Phi) is 3.41. The highest BCUT2D eigenvalue weighted by atomic mass is 35.5. The highest BCUT2D eigenvalue weighted by Gasteiger charge is 2.10. The summed E-state index contributed by atoms with van der Waals surface area (Å²) >= 11 is 11.3. The van der Waals surface area contributed by atoms with Crippen molar-refractivity contribution in [1.82, 2.24) is 14.8 Å². The van der Waals surface area contributed by atoms with E-state index in [2.05, 4.69) is 17.1 Å².